The van der Waals surface area contributed by atoms with E-state index in [4.69, 9.17) is 10.3 Å². The number of nitrogen functional groups attached to an aromatic ring is 1. The minimum absolute atomic E-state index is 0.423. The Morgan fingerprint density at radius 2 is 2.10 bits per heavy atom. The molecule has 5 nitrogen and oxygen atoms in total. The fourth-order valence-corrected chi connectivity index (χ4v) is 3.83. The predicted octanol–water partition coefficient (Wildman–Crippen LogP) is 3.10. The van der Waals surface area contributed by atoms with Crippen LogP contribution < -0.4 is 10.6 Å². The van der Waals surface area contributed by atoms with Crippen LogP contribution in [-0.4, -0.2) is 23.2 Å². The molecule has 0 atom stereocenters. The lowest BCUT2D eigenvalue weighted by atomic mass is 9.84. The van der Waals surface area contributed by atoms with Gasteiger partial charge in [-0.25, -0.2) is 0 Å². The molecular formula is C16H16N4O. The number of benzene rings is 1. The van der Waals surface area contributed by atoms with Gasteiger partial charge in [0.15, 0.2) is 11.6 Å². The molecule has 5 heterocycles. The molecule has 2 aromatic heterocycles. The fourth-order valence-electron chi connectivity index (χ4n) is 3.83. The van der Waals surface area contributed by atoms with E-state index in [2.05, 4.69) is 33.2 Å². The monoisotopic (exact) mass is 280 g/mol. The lowest BCUT2D eigenvalue weighted by Crippen LogP contribution is -2.38. The zero-order chi connectivity index (χ0) is 14.0. The van der Waals surface area contributed by atoms with E-state index in [0.29, 0.717) is 11.7 Å². The molecular weight excluding hydrogens is 264 g/mol. The Kier molecular flexibility index (Phi) is 2.04. The number of aromatic nitrogens is 2. The molecule has 3 aromatic rings. The van der Waals surface area contributed by atoms with Gasteiger partial charge in [-0.05, 0) is 37.0 Å². The van der Waals surface area contributed by atoms with Crippen molar-refractivity contribution in [3.8, 4) is 11.3 Å². The summed E-state index contributed by atoms with van der Waals surface area (Å²) >= 11 is 0. The van der Waals surface area contributed by atoms with E-state index in [0.717, 1.165) is 11.3 Å². The Bertz CT molecular complexity index is 839. The van der Waals surface area contributed by atoms with E-state index in [1.54, 1.807) is 6.07 Å². The fraction of sp³-hybridized carbons (Fsp3) is 0.312. The van der Waals surface area contributed by atoms with Gasteiger partial charge in [-0.1, -0.05) is 5.16 Å². The van der Waals surface area contributed by atoms with Gasteiger partial charge < -0.3 is 20.1 Å². The van der Waals surface area contributed by atoms with Gasteiger partial charge in [0, 0.05) is 41.2 Å². The minimum atomic E-state index is 0.423. The first kappa shape index (κ1) is 11.3. The van der Waals surface area contributed by atoms with Gasteiger partial charge in [-0.15, -0.1) is 0 Å². The molecule has 0 unspecified atom stereocenters. The number of anilines is 2. The summed E-state index contributed by atoms with van der Waals surface area (Å²) in [4.78, 5) is 6.06. The summed E-state index contributed by atoms with van der Waals surface area (Å²) in [6.45, 7) is 2.35. The summed E-state index contributed by atoms with van der Waals surface area (Å²) in [5.74, 6) is 3.16. The van der Waals surface area contributed by atoms with Crippen molar-refractivity contribution in [2.24, 2.45) is 0 Å². The first-order valence-electron chi connectivity index (χ1n) is 7.43. The summed E-state index contributed by atoms with van der Waals surface area (Å²) in [7, 11) is 0. The molecule has 6 rings (SSSR count). The molecule has 1 saturated heterocycles. The first-order chi connectivity index (χ1) is 10.3. The molecule has 0 radical (unpaired) electrons. The molecule has 5 heteroatoms. The van der Waals surface area contributed by atoms with E-state index >= 15 is 0 Å². The van der Waals surface area contributed by atoms with E-state index in [1.807, 2.05) is 0 Å². The number of hydrogen-bond acceptors (Lipinski definition) is 4. The normalized spacial score (nSPS) is 17.6. The Hall–Kier alpha value is -2.43. The van der Waals surface area contributed by atoms with Gasteiger partial charge in [0.1, 0.15) is 5.82 Å². The average molecular weight is 280 g/mol. The molecule has 0 amide bonds. The number of aromatic amines is 1. The molecule has 21 heavy (non-hydrogen) atoms. The highest BCUT2D eigenvalue weighted by atomic mass is 16.5. The number of nitrogens with zero attached hydrogens (tertiary/aromatic N) is 2. The highest BCUT2D eigenvalue weighted by Crippen LogP contribution is 2.46. The van der Waals surface area contributed by atoms with Crippen LogP contribution in [0.25, 0.3) is 22.2 Å². The van der Waals surface area contributed by atoms with Crippen LogP contribution in [0.4, 0.5) is 11.6 Å². The number of nitrogens with one attached hydrogen (secondary N) is 1. The standard InChI is InChI=1S/C16H16N4O/c17-14-8-13(21-19-14)10-1-2-12-11(7-10)15-9-3-5-20(6-4-9)16(15)18-12/h1-2,7-9,18H,3-6H2,(H2,17,19). The van der Waals surface area contributed by atoms with Crippen molar-refractivity contribution in [1.82, 2.24) is 10.1 Å². The molecule has 0 saturated carbocycles. The Morgan fingerprint density at radius 3 is 2.86 bits per heavy atom. The average Bonchev–Trinajstić information content (AvgIpc) is 3.12. The highest BCUT2D eigenvalue weighted by Gasteiger charge is 2.33. The van der Waals surface area contributed by atoms with Crippen molar-refractivity contribution in [3.05, 3.63) is 29.8 Å². The van der Waals surface area contributed by atoms with Crippen LogP contribution in [0.1, 0.15) is 24.3 Å². The maximum atomic E-state index is 5.65. The van der Waals surface area contributed by atoms with Gasteiger partial charge in [0.2, 0.25) is 0 Å². The lowest BCUT2D eigenvalue weighted by Gasteiger charge is -2.40. The molecule has 106 valence electrons. The van der Waals surface area contributed by atoms with Gasteiger partial charge >= 0.3 is 0 Å². The Morgan fingerprint density at radius 1 is 1.24 bits per heavy atom. The van der Waals surface area contributed by atoms with Crippen molar-refractivity contribution in [3.63, 3.8) is 0 Å². The van der Waals surface area contributed by atoms with Crippen LogP contribution in [0, 0.1) is 0 Å². The summed E-state index contributed by atoms with van der Waals surface area (Å²) in [5, 5.41) is 5.09. The molecule has 1 fully saturated rings. The van der Waals surface area contributed by atoms with E-state index in [-0.39, 0.29) is 0 Å². The van der Waals surface area contributed by atoms with E-state index < -0.39 is 0 Å². The Labute approximate surface area is 121 Å². The minimum Gasteiger partial charge on any atom is -0.381 e. The van der Waals surface area contributed by atoms with Crippen LogP contribution in [0.3, 0.4) is 0 Å². The summed E-state index contributed by atoms with van der Waals surface area (Å²) in [6, 6.07) is 8.16. The molecule has 1 aromatic carbocycles. The molecule has 3 aliphatic rings. The maximum Gasteiger partial charge on any atom is 0.169 e. The predicted molar refractivity (Wildman–Crippen MR) is 82.4 cm³/mol. The summed E-state index contributed by atoms with van der Waals surface area (Å²) < 4.78 is 5.29. The van der Waals surface area contributed by atoms with E-state index in [9.17, 15) is 0 Å². The molecule has 2 bridgehead atoms. The van der Waals surface area contributed by atoms with Crippen LogP contribution in [0.5, 0.6) is 0 Å². The van der Waals surface area contributed by atoms with Crippen molar-refractivity contribution in [2.45, 2.75) is 18.8 Å². The first-order valence-corrected chi connectivity index (χ1v) is 7.43. The van der Waals surface area contributed by atoms with Gasteiger partial charge in [-0.2, -0.15) is 0 Å². The van der Waals surface area contributed by atoms with Crippen LogP contribution >= 0.6 is 0 Å². The second-order valence-corrected chi connectivity index (χ2v) is 6.02. The number of fused-ring (bicyclic) bond motifs is 3. The smallest absolute Gasteiger partial charge is 0.169 e. The largest absolute Gasteiger partial charge is 0.381 e. The van der Waals surface area contributed by atoms with Crippen molar-refractivity contribution in [2.75, 3.05) is 23.7 Å². The second-order valence-electron chi connectivity index (χ2n) is 6.02. The number of hydrogen-bond donors (Lipinski definition) is 2. The van der Waals surface area contributed by atoms with Gasteiger partial charge in [0.05, 0.1) is 0 Å². The number of piperidine rings is 1. The third kappa shape index (κ3) is 1.48. The van der Waals surface area contributed by atoms with Crippen LogP contribution in [0.15, 0.2) is 28.8 Å². The number of H-pyrrole nitrogens is 1. The Balaban J connectivity index is 1.74. The van der Waals surface area contributed by atoms with Crippen molar-refractivity contribution >= 4 is 22.5 Å². The summed E-state index contributed by atoms with van der Waals surface area (Å²) in [6.07, 6.45) is 2.53. The van der Waals surface area contributed by atoms with Crippen LogP contribution in [0.2, 0.25) is 0 Å². The lowest BCUT2D eigenvalue weighted by molar-refractivity contribution is 0.436. The maximum absolute atomic E-state index is 5.65. The quantitative estimate of drug-likeness (QED) is 0.718. The molecule has 3 N–H and O–H groups in total. The highest BCUT2D eigenvalue weighted by molar-refractivity contribution is 5.93. The second kappa shape index (κ2) is 3.81. The third-order valence-electron chi connectivity index (χ3n) is 4.85. The summed E-state index contributed by atoms with van der Waals surface area (Å²) in [5.41, 5.74) is 9.37. The topological polar surface area (TPSA) is 71.1 Å². The zero-order valence-electron chi connectivity index (χ0n) is 11.6. The van der Waals surface area contributed by atoms with Crippen LogP contribution in [-0.2, 0) is 0 Å². The zero-order valence-corrected chi connectivity index (χ0v) is 11.6. The van der Waals surface area contributed by atoms with Crippen molar-refractivity contribution in [1.29, 1.82) is 0 Å². The number of rotatable bonds is 1. The van der Waals surface area contributed by atoms with E-state index in [1.165, 1.54) is 48.2 Å². The van der Waals surface area contributed by atoms with Gasteiger partial charge in [-0.3, -0.25) is 0 Å². The molecule has 0 spiro atoms. The SMILES string of the molecule is Nc1cc(-c2ccc3[nH]c4c(c3c2)C2CCN4CC2)on1. The van der Waals surface area contributed by atoms with Gasteiger partial charge in [0.25, 0.3) is 0 Å². The molecule has 0 aliphatic carbocycles. The molecule has 3 aliphatic heterocycles. The number of nitrogens with two attached hydrogens (primary N) is 1. The van der Waals surface area contributed by atoms with Crippen molar-refractivity contribution < 1.29 is 4.52 Å². The third-order valence-corrected chi connectivity index (χ3v) is 4.85.